The van der Waals surface area contributed by atoms with Crippen LogP contribution in [-0.4, -0.2) is 53.2 Å². The fraction of sp³-hybridized carbons (Fsp3) is 0.609. The number of nitrogens with zero attached hydrogens (tertiary/aromatic N) is 2. The van der Waals surface area contributed by atoms with Crippen molar-refractivity contribution in [3.05, 3.63) is 35.9 Å². The average Bonchev–Trinajstić information content (AvgIpc) is 3.43. The molecule has 1 N–H and O–H groups in total. The van der Waals surface area contributed by atoms with E-state index in [1.165, 1.54) is 6.42 Å². The Morgan fingerprint density at radius 3 is 2.34 bits per heavy atom. The number of rotatable bonds is 5. The van der Waals surface area contributed by atoms with Gasteiger partial charge in [-0.1, -0.05) is 49.6 Å². The summed E-state index contributed by atoms with van der Waals surface area (Å²) in [7, 11) is 0. The Hall–Kier alpha value is -2.37. The Morgan fingerprint density at radius 1 is 0.966 bits per heavy atom. The summed E-state index contributed by atoms with van der Waals surface area (Å²) in [5.74, 6) is -0.519. The van der Waals surface area contributed by atoms with Crippen LogP contribution in [0.5, 0.6) is 0 Å². The highest BCUT2D eigenvalue weighted by molar-refractivity contribution is 5.93. The molecule has 2 heterocycles. The SMILES string of the molecule is O=C(NC(C(=O)N1CCCC1)c1ccccc1)C1CC(=O)N(C2CCCCC2)C1. The number of likely N-dealkylation sites (tertiary alicyclic amines) is 2. The summed E-state index contributed by atoms with van der Waals surface area (Å²) in [5.41, 5.74) is 0.797. The molecule has 29 heavy (non-hydrogen) atoms. The molecule has 1 aromatic rings. The van der Waals surface area contributed by atoms with Gasteiger partial charge >= 0.3 is 0 Å². The summed E-state index contributed by atoms with van der Waals surface area (Å²) in [6.07, 6.45) is 7.91. The monoisotopic (exact) mass is 397 g/mol. The van der Waals surface area contributed by atoms with Gasteiger partial charge in [-0.2, -0.15) is 0 Å². The summed E-state index contributed by atoms with van der Waals surface area (Å²) in [6, 6.07) is 9.04. The minimum atomic E-state index is -0.680. The highest BCUT2D eigenvalue weighted by Crippen LogP contribution is 2.29. The van der Waals surface area contributed by atoms with Crippen LogP contribution in [0.1, 0.15) is 63.0 Å². The van der Waals surface area contributed by atoms with Gasteiger partial charge in [0.1, 0.15) is 6.04 Å². The van der Waals surface area contributed by atoms with Crippen molar-refractivity contribution in [1.29, 1.82) is 0 Å². The molecule has 6 nitrogen and oxygen atoms in total. The maximum Gasteiger partial charge on any atom is 0.249 e. The number of benzene rings is 1. The standard InChI is InChI=1S/C23H31N3O3/c27-20-15-18(16-26(20)19-11-5-2-6-12-19)22(28)24-21(17-9-3-1-4-10-17)23(29)25-13-7-8-14-25/h1,3-4,9-10,18-19,21H,2,5-8,11-16H2,(H,24,28). The van der Waals surface area contributed by atoms with Gasteiger partial charge < -0.3 is 15.1 Å². The number of hydrogen-bond acceptors (Lipinski definition) is 3. The van der Waals surface area contributed by atoms with E-state index in [0.29, 0.717) is 6.54 Å². The number of amides is 3. The lowest BCUT2D eigenvalue weighted by Crippen LogP contribution is -2.44. The molecular formula is C23H31N3O3. The molecule has 2 unspecified atom stereocenters. The van der Waals surface area contributed by atoms with Gasteiger partial charge in [0, 0.05) is 32.1 Å². The zero-order valence-corrected chi connectivity index (χ0v) is 17.0. The Morgan fingerprint density at radius 2 is 1.66 bits per heavy atom. The first-order chi connectivity index (χ1) is 14.1. The molecular weight excluding hydrogens is 366 g/mol. The van der Waals surface area contributed by atoms with Crippen LogP contribution in [0.15, 0.2) is 30.3 Å². The van der Waals surface area contributed by atoms with Crippen LogP contribution in [0.2, 0.25) is 0 Å². The summed E-state index contributed by atoms with van der Waals surface area (Å²) < 4.78 is 0. The van der Waals surface area contributed by atoms with Gasteiger partial charge in [0.05, 0.1) is 5.92 Å². The van der Waals surface area contributed by atoms with Crippen molar-refractivity contribution >= 4 is 17.7 Å². The Bertz CT molecular complexity index is 739. The number of nitrogens with one attached hydrogen (secondary N) is 1. The van der Waals surface area contributed by atoms with Crippen LogP contribution >= 0.6 is 0 Å². The largest absolute Gasteiger partial charge is 0.341 e. The van der Waals surface area contributed by atoms with Crippen molar-refractivity contribution in [1.82, 2.24) is 15.1 Å². The van der Waals surface area contributed by atoms with Crippen LogP contribution in [0, 0.1) is 5.92 Å². The summed E-state index contributed by atoms with van der Waals surface area (Å²) in [6.45, 7) is 1.97. The Balaban J connectivity index is 1.45. The lowest BCUT2D eigenvalue weighted by Gasteiger charge is -2.31. The highest BCUT2D eigenvalue weighted by Gasteiger charge is 2.39. The van der Waals surface area contributed by atoms with Gasteiger partial charge in [-0.05, 0) is 31.2 Å². The third kappa shape index (κ3) is 4.46. The fourth-order valence-electron chi connectivity index (χ4n) is 4.97. The van der Waals surface area contributed by atoms with Crippen LogP contribution in [0.3, 0.4) is 0 Å². The van der Waals surface area contributed by atoms with Gasteiger partial charge in [0.25, 0.3) is 0 Å². The number of hydrogen-bond donors (Lipinski definition) is 1. The second-order valence-corrected chi connectivity index (χ2v) is 8.62. The molecule has 6 heteroatoms. The molecule has 2 aliphatic heterocycles. The first-order valence-electron chi connectivity index (χ1n) is 11.1. The zero-order valence-electron chi connectivity index (χ0n) is 17.0. The van der Waals surface area contributed by atoms with Crippen molar-refractivity contribution in [2.75, 3.05) is 19.6 Å². The van der Waals surface area contributed by atoms with E-state index >= 15 is 0 Å². The summed E-state index contributed by atoms with van der Waals surface area (Å²) in [4.78, 5) is 42.5. The molecule has 156 valence electrons. The summed E-state index contributed by atoms with van der Waals surface area (Å²) >= 11 is 0. The van der Waals surface area contributed by atoms with Crippen LogP contribution < -0.4 is 5.32 Å². The molecule has 4 rings (SSSR count). The van der Waals surface area contributed by atoms with Crippen molar-refractivity contribution < 1.29 is 14.4 Å². The van der Waals surface area contributed by atoms with Gasteiger partial charge in [-0.25, -0.2) is 0 Å². The van der Waals surface area contributed by atoms with E-state index in [9.17, 15) is 14.4 Å². The highest BCUT2D eigenvalue weighted by atomic mass is 16.2. The van der Waals surface area contributed by atoms with Crippen molar-refractivity contribution in [2.24, 2.45) is 5.92 Å². The molecule has 0 radical (unpaired) electrons. The molecule has 2 atom stereocenters. The fourth-order valence-corrected chi connectivity index (χ4v) is 4.97. The van der Waals surface area contributed by atoms with Gasteiger partial charge in [0.2, 0.25) is 17.7 Å². The van der Waals surface area contributed by atoms with Gasteiger partial charge in [-0.3, -0.25) is 14.4 Å². The van der Waals surface area contributed by atoms with Crippen molar-refractivity contribution in [3.63, 3.8) is 0 Å². The maximum absolute atomic E-state index is 13.1. The first-order valence-corrected chi connectivity index (χ1v) is 11.1. The quantitative estimate of drug-likeness (QED) is 0.830. The molecule has 0 spiro atoms. The lowest BCUT2D eigenvalue weighted by atomic mass is 9.94. The molecule has 3 amide bonds. The molecule has 3 fully saturated rings. The van der Waals surface area contributed by atoms with Crippen LogP contribution in [0.4, 0.5) is 0 Å². The smallest absolute Gasteiger partial charge is 0.249 e. The van der Waals surface area contributed by atoms with E-state index < -0.39 is 6.04 Å². The first kappa shape index (κ1) is 19.9. The van der Waals surface area contributed by atoms with Gasteiger partial charge in [-0.15, -0.1) is 0 Å². The van der Waals surface area contributed by atoms with Crippen molar-refractivity contribution in [2.45, 2.75) is 63.5 Å². The van der Waals surface area contributed by atoms with E-state index in [4.69, 9.17) is 0 Å². The number of carbonyl (C=O) groups excluding carboxylic acids is 3. The molecule has 1 aromatic carbocycles. The molecule has 2 saturated heterocycles. The van der Waals surface area contributed by atoms with Crippen LogP contribution in [0.25, 0.3) is 0 Å². The number of carbonyl (C=O) groups is 3. The minimum Gasteiger partial charge on any atom is -0.341 e. The van der Waals surface area contributed by atoms with E-state index in [-0.39, 0.29) is 36.1 Å². The third-order valence-corrected chi connectivity index (χ3v) is 6.63. The molecule has 0 aromatic heterocycles. The molecule has 3 aliphatic rings. The Kier molecular flexibility index (Phi) is 6.16. The normalized spacial score (nSPS) is 24.0. The van der Waals surface area contributed by atoms with E-state index in [2.05, 4.69) is 5.32 Å². The minimum absolute atomic E-state index is 0.0458. The summed E-state index contributed by atoms with van der Waals surface area (Å²) in [5, 5.41) is 2.99. The molecule has 1 aliphatic carbocycles. The van der Waals surface area contributed by atoms with Crippen LogP contribution in [-0.2, 0) is 14.4 Å². The van der Waals surface area contributed by atoms with E-state index in [1.807, 2.05) is 40.1 Å². The molecule has 1 saturated carbocycles. The third-order valence-electron chi connectivity index (χ3n) is 6.63. The average molecular weight is 398 g/mol. The van der Waals surface area contributed by atoms with Gasteiger partial charge in [0.15, 0.2) is 0 Å². The molecule has 0 bridgehead atoms. The predicted octanol–water partition coefficient (Wildman–Crippen LogP) is 2.65. The van der Waals surface area contributed by atoms with Crippen molar-refractivity contribution in [3.8, 4) is 0 Å². The second kappa shape index (κ2) is 8.97. The van der Waals surface area contributed by atoms with E-state index in [0.717, 1.165) is 57.2 Å². The lowest BCUT2D eigenvalue weighted by molar-refractivity contribution is -0.136. The predicted molar refractivity (Wildman–Crippen MR) is 110 cm³/mol. The maximum atomic E-state index is 13.1. The Labute approximate surface area is 172 Å². The topological polar surface area (TPSA) is 69.7 Å². The second-order valence-electron chi connectivity index (χ2n) is 8.62. The van der Waals surface area contributed by atoms with E-state index in [1.54, 1.807) is 0 Å². The zero-order chi connectivity index (χ0) is 20.2.